The Labute approximate surface area is 109 Å². The van der Waals surface area contributed by atoms with E-state index in [0.29, 0.717) is 30.0 Å². The summed E-state index contributed by atoms with van der Waals surface area (Å²) in [5.74, 6) is -0.245. The maximum absolute atomic E-state index is 12.2. The summed E-state index contributed by atoms with van der Waals surface area (Å²) in [5.41, 5.74) is -0.632. The molecule has 1 aliphatic heterocycles. The monoisotopic (exact) mass is 263 g/mol. The fourth-order valence-corrected chi connectivity index (χ4v) is 2.18. The lowest BCUT2D eigenvalue weighted by Crippen LogP contribution is -2.38. The Morgan fingerprint density at radius 3 is 2.58 bits per heavy atom. The first-order valence-corrected chi connectivity index (χ1v) is 5.96. The van der Waals surface area contributed by atoms with Crippen molar-refractivity contribution in [3.63, 3.8) is 0 Å². The van der Waals surface area contributed by atoms with Gasteiger partial charge in [0.25, 0.3) is 0 Å². The quantitative estimate of drug-likeness (QED) is 0.830. The van der Waals surface area contributed by atoms with Crippen LogP contribution >= 0.6 is 0 Å². The lowest BCUT2D eigenvalue weighted by atomic mass is 10.1. The molecule has 0 aromatic heterocycles. The van der Waals surface area contributed by atoms with Gasteiger partial charge >= 0.3 is 5.97 Å². The van der Waals surface area contributed by atoms with Crippen molar-refractivity contribution in [1.82, 2.24) is 0 Å². The smallest absolute Gasteiger partial charge is 0.319 e. The molecule has 0 radical (unpaired) electrons. The van der Waals surface area contributed by atoms with Gasteiger partial charge in [-0.1, -0.05) is 0 Å². The van der Waals surface area contributed by atoms with E-state index in [9.17, 15) is 9.59 Å². The molecule has 6 heteroatoms. The van der Waals surface area contributed by atoms with Crippen molar-refractivity contribution < 1.29 is 24.2 Å². The van der Waals surface area contributed by atoms with E-state index in [1.165, 1.54) is 4.90 Å². The second-order valence-electron chi connectivity index (χ2n) is 4.79. The van der Waals surface area contributed by atoms with Gasteiger partial charge in [0, 0.05) is 18.8 Å². The van der Waals surface area contributed by atoms with E-state index >= 15 is 0 Å². The van der Waals surface area contributed by atoms with Crippen molar-refractivity contribution in [3.05, 3.63) is 18.2 Å². The number of fused-ring (bicyclic) bond motifs is 1. The highest BCUT2D eigenvalue weighted by Crippen LogP contribution is 2.48. The first-order valence-electron chi connectivity index (χ1n) is 5.96. The number of carboxylic acid groups (broad SMARTS) is 1. The molecule has 1 N–H and O–H groups in total. The van der Waals surface area contributed by atoms with Crippen LogP contribution in [-0.2, 0) is 9.59 Å². The number of carbonyl (C=O) groups excluding carboxylic acids is 1. The minimum atomic E-state index is -1.23. The van der Waals surface area contributed by atoms with Crippen LogP contribution in [0.3, 0.4) is 0 Å². The van der Waals surface area contributed by atoms with Crippen molar-refractivity contribution >= 4 is 17.6 Å². The minimum absolute atomic E-state index is 0.162. The summed E-state index contributed by atoms with van der Waals surface area (Å²) in [4.78, 5) is 24.8. The fourth-order valence-electron chi connectivity index (χ4n) is 2.18. The van der Waals surface area contributed by atoms with Crippen molar-refractivity contribution in [2.75, 3.05) is 18.7 Å². The standard InChI is InChI=1S/C13H13NO5/c1-14(11(15)13(4-5-13)12(16)17)8-2-3-9-10(6-8)19-7-18-9/h2-3,6H,4-5,7H2,1H3,(H,16,17). The Bertz CT molecular complexity index is 564. The van der Waals surface area contributed by atoms with Crippen LogP contribution in [-0.4, -0.2) is 30.8 Å². The number of anilines is 1. The van der Waals surface area contributed by atoms with Crippen LogP contribution in [0, 0.1) is 5.41 Å². The summed E-state index contributed by atoms with van der Waals surface area (Å²) in [6.45, 7) is 0.162. The third-order valence-corrected chi connectivity index (χ3v) is 3.62. The van der Waals surface area contributed by atoms with E-state index in [-0.39, 0.29) is 12.7 Å². The van der Waals surface area contributed by atoms with E-state index in [0.717, 1.165) is 0 Å². The molecular weight excluding hydrogens is 250 g/mol. The molecule has 0 saturated heterocycles. The molecule has 0 bridgehead atoms. The minimum Gasteiger partial charge on any atom is -0.480 e. The summed E-state index contributed by atoms with van der Waals surface area (Å²) in [7, 11) is 1.57. The lowest BCUT2D eigenvalue weighted by molar-refractivity contribution is -0.148. The largest absolute Gasteiger partial charge is 0.480 e. The number of nitrogens with zero attached hydrogens (tertiary/aromatic N) is 1. The van der Waals surface area contributed by atoms with Crippen LogP contribution in [0.1, 0.15) is 12.8 Å². The SMILES string of the molecule is CN(C(=O)C1(C(=O)O)CC1)c1ccc2c(c1)OCO2. The predicted octanol–water partition coefficient (Wildman–Crippen LogP) is 1.24. The van der Waals surface area contributed by atoms with Crippen LogP contribution in [0.15, 0.2) is 18.2 Å². The number of carbonyl (C=O) groups is 2. The number of ether oxygens (including phenoxy) is 2. The molecule has 100 valence electrons. The van der Waals surface area contributed by atoms with Crippen LogP contribution in [0.5, 0.6) is 11.5 Å². The maximum atomic E-state index is 12.2. The molecule has 1 aromatic carbocycles. The maximum Gasteiger partial charge on any atom is 0.319 e. The van der Waals surface area contributed by atoms with Gasteiger partial charge in [-0.25, -0.2) is 0 Å². The zero-order chi connectivity index (χ0) is 13.6. The fraction of sp³-hybridized carbons (Fsp3) is 0.385. The molecule has 3 rings (SSSR count). The highest BCUT2D eigenvalue weighted by Gasteiger charge is 2.58. The molecule has 1 amide bonds. The number of rotatable bonds is 3. The van der Waals surface area contributed by atoms with Crippen molar-refractivity contribution in [1.29, 1.82) is 0 Å². The molecule has 1 aromatic rings. The van der Waals surface area contributed by atoms with E-state index in [4.69, 9.17) is 14.6 Å². The third-order valence-electron chi connectivity index (χ3n) is 3.62. The van der Waals surface area contributed by atoms with Gasteiger partial charge < -0.3 is 19.5 Å². The van der Waals surface area contributed by atoms with Gasteiger partial charge in [-0.15, -0.1) is 0 Å². The van der Waals surface area contributed by atoms with Gasteiger partial charge in [0.15, 0.2) is 11.5 Å². The predicted molar refractivity (Wildman–Crippen MR) is 65.3 cm³/mol. The zero-order valence-electron chi connectivity index (χ0n) is 10.4. The highest BCUT2D eigenvalue weighted by molar-refractivity contribution is 6.11. The zero-order valence-corrected chi connectivity index (χ0v) is 10.4. The van der Waals surface area contributed by atoms with Gasteiger partial charge in [0.05, 0.1) is 0 Å². The number of hydrogen-bond acceptors (Lipinski definition) is 4. The first kappa shape index (κ1) is 11.8. The van der Waals surface area contributed by atoms with Crippen molar-refractivity contribution in [3.8, 4) is 11.5 Å². The average molecular weight is 263 g/mol. The molecule has 0 atom stereocenters. The molecule has 0 spiro atoms. The summed E-state index contributed by atoms with van der Waals surface area (Å²) in [5, 5.41) is 9.13. The summed E-state index contributed by atoms with van der Waals surface area (Å²) in [6.07, 6.45) is 0.798. The van der Waals surface area contributed by atoms with Crippen LogP contribution in [0.2, 0.25) is 0 Å². The average Bonchev–Trinajstić information content (AvgIpc) is 3.09. The van der Waals surface area contributed by atoms with Crippen LogP contribution in [0.25, 0.3) is 0 Å². The number of benzene rings is 1. The lowest BCUT2D eigenvalue weighted by Gasteiger charge is -2.21. The molecule has 1 heterocycles. The third kappa shape index (κ3) is 1.71. The Balaban J connectivity index is 1.86. The Morgan fingerprint density at radius 1 is 1.26 bits per heavy atom. The Hall–Kier alpha value is -2.24. The number of aliphatic carboxylic acids is 1. The molecule has 19 heavy (non-hydrogen) atoms. The van der Waals surface area contributed by atoms with Crippen molar-refractivity contribution in [2.24, 2.45) is 5.41 Å². The summed E-state index contributed by atoms with van der Waals surface area (Å²) >= 11 is 0. The van der Waals surface area contributed by atoms with Gasteiger partial charge in [-0.05, 0) is 25.0 Å². The number of hydrogen-bond donors (Lipinski definition) is 1. The molecule has 1 aliphatic carbocycles. The molecule has 6 nitrogen and oxygen atoms in total. The number of amides is 1. The van der Waals surface area contributed by atoms with Gasteiger partial charge in [0.1, 0.15) is 5.41 Å². The topological polar surface area (TPSA) is 76.1 Å². The van der Waals surface area contributed by atoms with E-state index in [1.807, 2.05) is 0 Å². The molecule has 2 aliphatic rings. The molecular formula is C13H13NO5. The number of carboxylic acids is 1. The molecule has 1 saturated carbocycles. The van der Waals surface area contributed by atoms with Gasteiger partial charge in [-0.2, -0.15) is 0 Å². The van der Waals surface area contributed by atoms with Crippen LogP contribution in [0.4, 0.5) is 5.69 Å². The highest BCUT2D eigenvalue weighted by atomic mass is 16.7. The normalized spacial score (nSPS) is 17.9. The molecule has 0 unspecified atom stereocenters. The van der Waals surface area contributed by atoms with Crippen molar-refractivity contribution in [2.45, 2.75) is 12.8 Å². The second-order valence-corrected chi connectivity index (χ2v) is 4.79. The summed E-state index contributed by atoms with van der Waals surface area (Å²) < 4.78 is 10.4. The van der Waals surface area contributed by atoms with Gasteiger partial charge in [-0.3, -0.25) is 9.59 Å². The second kappa shape index (κ2) is 3.88. The van der Waals surface area contributed by atoms with Gasteiger partial charge in [0.2, 0.25) is 12.7 Å². The summed E-state index contributed by atoms with van der Waals surface area (Å²) in [6, 6.07) is 5.10. The van der Waals surface area contributed by atoms with E-state index < -0.39 is 11.4 Å². The van der Waals surface area contributed by atoms with E-state index in [2.05, 4.69) is 0 Å². The molecule has 1 fully saturated rings. The Morgan fingerprint density at radius 2 is 1.95 bits per heavy atom. The Kier molecular flexibility index (Phi) is 2.41. The van der Waals surface area contributed by atoms with Crippen LogP contribution < -0.4 is 14.4 Å². The first-order chi connectivity index (χ1) is 9.04. The van der Waals surface area contributed by atoms with E-state index in [1.54, 1.807) is 25.2 Å².